The van der Waals surface area contributed by atoms with Gasteiger partial charge in [0.05, 0.1) is 5.56 Å². The lowest BCUT2D eigenvalue weighted by molar-refractivity contribution is -0.137. The van der Waals surface area contributed by atoms with Crippen LogP contribution in [0, 0.1) is 6.92 Å². The van der Waals surface area contributed by atoms with Gasteiger partial charge in [0.1, 0.15) is 5.82 Å². The maximum absolute atomic E-state index is 12.6. The van der Waals surface area contributed by atoms with Crippen molar-refractivity contribution < 1.29 is 13.2 Å². The van der Waals surface area contributed by atoms with E-state index in [1.54, 1.807) is 0 Å². The zero-order chi connectivity index (χ0) is 15.6. The molecule has 1 aromatic heterocycles. The Morgan fingerprint density at radius 3 is 2.24 bits per heavy atom. The molecule has 1 heterocycles. The van der Waals surface area contributed by atoms with E-state index in [0.29, 0.717) is 23.6 Å². The largest absolute Gasteiger partial charge is 0.416 e. The van der Waals surface area contributed by atoms with Crippen molar-refractivity contribution in [2.75, 3.05) is 5.43 Å². The van der Waals surface area contributed by atoms with Crippen molar-refractivity contribution in [2.24, 2.45) is 5.84 Å². The van der Waals surface area contributed by atoms with Crippen LogP contribution in [0.2, 0.25) is 0 Å². The monoisotopic (exact) mass is 296 g/mol. The average Bonchev–Trinajstić information content (AvgIpc) is 2.47. The summed E-state index contributed by atoms with van der Waals surface area (Å²) >= 11 is 0. The van der Waals surface area contributed by atoms with E-state index < -0.39 is 11.7 Å². The smallest absolute Gasteiger partial charge is 0.308 e. The lowest BCUT2D eigenvalue weighted by Gasteiger charge is -2.12. The van der Waals surface area contributed by atoms with E-state index in [9.17, 15) is 13.2 Å². The molecule has 0 saturated carbocycles. The molecule has 3 N–H and O–H groups in total. The highest BCUT2D eigenvalue weighted by atomic mass is 19.4. The van der Waals surface area contributed by atoms with Crippen LogP contribution < -0.4 is 11.3 Å². The number of benzene rings is 1. The minimum Gasteiger partial charge on any atom is -0.308 e. The molecule has 0 radical (unpaired) electrons. The molecule has 0 aliphatic heterocycles. The van der Waals surface area contributed by atoms with E-state index in [1.807, 2.05) is 13.8 Å². The number of rotatable bonds is 3. The van der Waals surface area contributed by atoms with E-state index >= 15 is 0 Å². The van der Waals surface area contributed by atoms with Crippen molar-refractivity contribution >= 4 is 5.82 Å². The highest BCUT2D eigenvalue weighted by molar-refractivity contribution is 5.60. The maximum atomic E-state index is 12.6. The van der Waals surface area contributed by atoms with Gasteiger partial charge < -0.3 is 5.43 Å². The summed E-state index contributed by atoms with van der Waals surface area (Å²) in [5, 5.41) is 0. The first kappa shape index (κ1) is 15.2. The van der Waals surface area contributed by atoms with Gasteiger partial charge in [0.15, 0.2) is 5.82 Å². The number of halogens is 3. The summed E-state index contributed by atoms with van der Waals surface area (Å²) in [4.78, 5) is 8.61. The molecule has 21 heavy (non-hydrogen) atoms. The van der Waals surface area contributed by atoms with Crippen molar-refractivity contribution in [3.8, 4) is 11.4 Å². The second-order valence-corrected chi connectivity index (χ2v) is 4.54. The van der Waals surface area contributed by atoms with Crippen LogP contribution >= 0.6 is 0 Å². The molecule has 4 nitrogen and oxygen atoms in total. The van der Waals surface area contributed by atoms with Gasteiger partial charge in [-0.25, -0.2) is 15.8 Å². The van der Waals surface area contributed by atoms with Gasteiger partial charge in [0.2, 0.25) is 0 Å². The average molecular weight is 296 g/mol. The predicted octanol–water partition coefficient (Wildman–Crippen LogP) is 3.32. The van der Waals surface area contributed by atoms with E-state index in [4.69, 9.17) is 5.84 Å². The van der Waals surface area contributed by atoms with Crippen LogP contribution in [-0.4, -0.2) is 9.97 Å². The van der Waals surface area contributed by atoms with Crippen LogP contribution in [0.3, 0.4) is 0 Å². The molecule has 1 aromatic carbocycles. The first-order valence-corrected chi connectivity index (χ1v) is 6.38. The maximum Gasteiger partial charge on any atom is 0.416 e. The number of hydrogen-bond acceptors (Lipinski definition) is 4. The Morgan fingerprint density at radius 1 is 1.14 bits per heavy atom. The van der Waals surface area contributed by atoms with Crippen LogP contribution in [0.5, 0.6) is 0 Å². The van der Waals surface area contributed by atoms with E-state index in [1.165, 1.54) is 12.1 Å². The summed E-state index contributed by atoms with van der Waals surface area (Å²) in [7, 11) is 0. The predicted molar refractivity (Wildman–Crippen MR) is 74.4 cm³/mol. The van der Waals surface area contributed by atoms with Gasteiger partial charge in [0, 0.05) is 16.8 Å². The zero-order valence-electron chi connectivity index (χ0n) is 11.6. The van der Waals surface area contributed by atoms with Gasteiger partial charge in [0.25, 0.3) is 0 Å². The molecule has 0 aliphatic carbocycles. The minimum atomic E-state index is -4.36. The van der Waals surface area contributed by atoms with Crippen molar-refractivity contribution in [3.05, 3.63) is 41.1 Å². The van der Waals surface area contributed by atoms with Gasteiger partial charge in [-0.1, -0.05) is 19.1 Å². The third-order valence-electron chi connectivity index (χ3n) is 3.19. The number of nitrogens with two attached hydrogens (primary N) is 1. The van der Waals surface area contributed by atoms with Gasteiger partial charge in [-0.15, -0.1) is 0 Å². The number of hydrazine groups is 1. The Hall–Kier alpha value is -2.15. The Kier molecular flexibility index (Phi) is 4.13. The Morgan fingerprint density at radius 2 is 1.76 bits per heavy atom. The van der Waals surface area contributed by atoms with Crippen LogP contribution in [0.25, 0.3) is 11.4 Å². The fourth-order valence-electron chi connectivity index (χ4n) is 1.99. The number of nitrogens with zero attached hydrogens (tertiary/aromatic N) is 2. The minimum absolute atomic E-state index is 0.346. The molecule has 0 bridgehead atoms. The number of aryl methyl sites for hydroxylation is 1. The molecule has 0 fully saturated rings. The molecular formula is C14H15F3N4. The third-order valence-corrected chi connectivity index (χ3v) is 3.19. The molecule has 0 atom stereocenters. The van der Waals surface area contributed by atoms with Crippen molar-refractivity contribution in [2.45, 2.75) is 26.4 Å². The van der Waals surface area contributed by atoms with Crippen molar-refractivity contribution in [3.63, 3.8) is 0 Å². The first-order valence-electron chi connectivity index (χ1n) is 6.38. The van der Waals surface area contributed by atoms with E-state index in [2.05, 4.69) is 15.4 Å². The summed E-state index contributed by atoms with van der Waals surface area (Å²) in [6, 6.07) is 4.74. The summed E-state index contributed by atoms with van der Waals surface area (Å²) in [6.07, 6.45) is -3.68. The van der Waals surface area contributed by atoms with E-state index in [-0.39, 0.29) is 0 Å². The molecular weight excluding hydrogens is 281 g/mol. The number of nitrogen functional groups attached to an aromatic ring is 1. The summed E-state index contributed by atoms with van der Waals surface area (Å²) in [6.45, 7) is 3.77. The molecule has 2 rings (SSSR count). The van der Waals surface area contributed by atoms with Crippen molar-refractivity contribution in [1.29, 1.82) is 0 Å². The van der Waals surface area contributed by atoms with Crippen LogP contribution in [0.1, 0.15) is 23.7 Å². The molecule has 0 aliphatic rings. The van der Waals surface area contributed by atoms with Crippen molar-refractivity contribution in [1.82, 2.24) is 9.97 Å². The molecule has 2 aromatic rings. The van der Waals surface area contributed by atoms with Crippen LogP contribution in [-0.2, 0) is 12.6 Å². The number of nitrogens with one attached hydrogen (secondary N) is 1. The number of aromatic nitrogens is 2. The number of hydrogen-bond donors (Lipinski definition) is 2. The fraction of sp³-hybridized carbons (Fsp3) is 0.286. The first-order chi connectivity index (χ1) is 9.86. The lowest BCUT2D eigenvalue weighted by atomic mass is 10.1. The second-order valence-electron chi connectivity index (χ2n) is 4.54. The molecule has 0 saturated heterocycles. The highest BCUT2D eigenvalue weighted by Crippen LogP contribution is 2.30. The topological polar surface area (TPSA) is 63.8 Å². The zero-order valence-corrected chi connectivity index (χ0v) is 11.6. The summed E-state index contributed by atoms with van der Waals surface area (Å²) < 4.78 is 37.7. The molecule has 112 valence electrons. The Balaban J connectivity index is 2.47. The SMILES string of the molecule is CCc1nc(-c2ccc(C(F)(F)F)cc2)nc(NN)c1C. The lowest BCUT2D eigenvalue weighted by Crippen LogP contribution is -2.13. The normalized spacial score (nSPS) is 11.5. The van der Waals surface area contributed by atoms with Gasteiger partial charge >= 0.3 is 6.18 Å². The molecule has 0 unspecified atom stereocenters. The molecule has 7 heteroatoms. The van der Waals surface area contributed by atoms with Crippen LogP contribution in [0.4, 0.5) is 19.0 Å². The highest BCUT2D eigenvalue weighted by Gasteiger charge is 2.30. The standard InChI is InChI=1S/C14H15F3N4/c1-3-11-8(2)12(21-18)20-13(19-11)9-4-6-10(7-5-9)14(15,16)17/h4-7H,3,18H2,1-2H3,(H,19,20,21). The number of anilines is 1. The number of alkyl halides is 3. The van der Waals surface area contributed by atoms with Crippen LogP contribution in [0.15, 0.2) is 24.3 Å². The van der Waals surface area contributed by atoms with Gasteiger partial charge in [-0.3, -0.25) is 0 Å². The quantitative estimate of drug-likeness (QED) is 0.673. The van der Waals surface area contributed by atoms with Gasteiger partial charge in [-0.05, 0) is 25.5 Å². The Bertz CT molecular complexity index is 611. The molecule has 0 amide bonds. The third kappa shape index (κ3) is 3.13. The molecule has 0 spiro atoms. The Labute approximate surface area is 120 Å². The van der Waals surface area contributed by atoms with E-state index in [0.717, 1.165) is 23.4 Å². The fourth-order valence-corrected chi connectivity index (χ4v) is 1.99. The second kappa shape index (κ2) is 5.69. The summed E-state index contributed by atoms with van der Waals surface area (Å²) in [5.74, 6) is 6.23. The summed E-state index contributed by atoms with van der Waals surface area (Å²) in [5.41, 5.74) is 3.92. The van der Waals surface area contributed by atoms with Gasteiger partial charge in [-0.2, -0.15) is 13.2 Å².